The van der Waals surface area contributed by atoms with E-state index in [1.807, 2.05) is 24.3 Å². The number of benzene rings is 1. The Hall–Kier alpha value is -2.81. The van der Waals surface area contributed by atoms with Gasteiger partial charge in [0.2, 0.25) is 5.91 Å². The van der Waals surface area contributed by atoms with E-state index in [9.17, 15) is 14.9 Å². The average molecular weight is 354 g/mol. The molecular formula is C20H26N4O2. The second-order valence-electron chi connectivity index (χ2n) is 6.27. The highest BCUT2D eigenvalue weighted by molar-refractivity contribution is 5.97. The fourth-order valence-electron chi connectivity index (χ4n) is 3.11. The minimum atomic E-state index is -0.296. The Kier molecular flexibility index (Phi) is 6.79. The third kappa shape index (κ3) is 4.42. The first-order valence-corrected chi connectivity index (χ1v) is 9.04. The van der Waals surface area contributed by atoms with Gasteiger partial charge in [0.05, 0.1) is 0 Å². The summed E-state index contributed by atoms with van der Waals surface area (Å²) in [5.74, 6) is -0.284. The van der Waals surface area contributed by atoms with E-state index >= 15 is 0 Å². The van der Waals surface area contributed by atoms with Crippen molar-refractivity contribution in [2.45, 2.75) is 33.6 Å². The summed E-state index contributed by atoms with van der Waals surface area (Å²) in [4.78, 5) is 27.4. The second-order valence-corrected chi connectivity index (χ2v) is 6.27. The standard InChI is InChI=1S/C20H26N4O2/c1-4-16-7-6-8-17(5-2)19(16)22-14-18(13-21)20(26)24-11-9-23(10-12-24)15(3)25/h6-8,14,22H,4-5,9-12H2,1-3H3/b18-14-. The van der Waals surface area contributed by atoms with Gasteiger partial charge in [-0.25, -0.2) is 0 Å². The molecule has 138 valence electrons. The molecule has 0 unspecified atom stereocenters. The van der Waals surface area contributed by atoms with Gasteiger partial charge in [-0.2, -0.15) is 5.26 Å². The Morgan fingerprint density at radius 2 is 1.65 bits per heavy atom. The average Bonchev–Trinajstić information content (AvgIpc) is 2.68. The number of carbonyl (C=O) groups excluding carboxylic acids is 2. The zero-order valence-electron chi connectivity index (χ0n) is 15.7. The molecule has 0 aromatic heterocycles. The van der Waals surface area contributed by atoms with Gasteiger partial charge >= 0.3 is 0 Å². The number of nitrogens with zero attached hydrogens (tertiary/aromatic N) is 3. The van der Waals surface area contributed by atoms with Crippen molar-refractivity contribution in [1.29, 1.82) is 5.26 Å². The Balaban J connectivity index is 2.13. The molecule has 6 nitrogen and oxygen atoms in total. The number of hydrogen-bond acceptors (Lipinski definition) is 4. The minimum absolute atomic E-state index is 0.0121. The van der Waals surface area contributed by atoms with E-state index in [1.165, 1.54) is 13.1 Å². The van der Waals surface area contributed by atoms with Gasteiger partial charge in [0.25, 0.3) is 5.91 Å². The first-order valence-electron chi connectivity index (χ1n) is 9.04. The van der Waals surface area contributed by atoms with Crippen LogP contribution in [0.25, 0.3) is 0 Å². The molecule has 1 N–H and O–H groups in total. The summed E-state index contributed by atoms with van der Waals surface area (Å²) in [6, 6.07) is 8.12. The summed E-state index contributed by atoms with van der Waals surface area (Å²) in [6.45, 7) is 7.59. The van der Waals surface area contributed by atoms with Gasteiger partial charge in [-0.3, -0.25) is 9.59 Å². The summed E-state index contributed by atoms with van der Waals surface area (Å²) in [6.07, 6.45) is 3.24. The molecule has 0 radical (unpaired) electrons. The number of nitriles is 1. The van der Waals surface area contributed by atoms with Crippen molar-refractivity contribution in [1.82, 2.24) is 9.80 Å². The van der Waals surface area contributed by atoms with Gasteiger partial charge in [0.1, 0.15) is 11.6 Å². The van der Waals surface area contributed by atoms with Crippen LogP contribution in [0.4, 0.5) is 5.69 Å². The Labute approximate surface area is 155 Å². The predicted molar refractivity (Wildman–Crippen MR) is 101 cm³/mol. The Morgan fingerprint density at radius 3 is 2.12 bits per heavy atom. The van der Waals surface area contributed by atoms with Crippen LogP contribution in [0.15, 0.2) is 30.0 Å². The van der Waals surface area contributed by atoms with Gasteiger partial charge in [-0.15, -0.1) is 0 Å². The van der Waals surface area contributed by atoms with Crippen LogP contribution in [0, 0.1) is 11.3 Å². The predicted octanol–water partition coefficient (Wildman–Crippen LogP) is 2.32. The van der Waals surface area contributed by atoms with Gasteiger partial charge in [-0.05, 0) is 24.0 Å². The zero-order chi connectivity index (χ0) is 19.1. The molecule has 1 aliphatic heterocycles. The molecule has 1 heterocycles. The molecular weight excluding hydrogens is 328 g/mol. The summed E-state index contributed by atoms with van der Waals surface area (Å²) in [5, 5.41) is 12.6. The molecule has 1 aliphatic rings. The zero-order valence-corrected chi connectivity index (χ0v) is 15.7. The molecule has 0 bridgehead atoms. The van der Waals surface area contributed by atoms with Crippen molar-refractivity contribution in [2.75, 3.05) is 31.5 Å². The van der Waals surface area contributed by atoms with E-state index in [0.29, 0.717) is 26.2 Å². The lowest BCUT2D eigenvalue weighted by Gasteiger charge is -2.34. The Bertz CT molecular complexity index is 718. The summed E-state index contributed by atoms with van der Waals surface area (Å²) >= 11 is 0. The quantitative estimate of drug-likeness (QED) is 0.650. The topological polar surface area (TPSA) is 76.4 Å². The normalized spacial score (nSPS) is 14.8. The molecule has 1 aromatic carbocycles. The molecule has 26 heavy (non-hydrogen) atoms. The number of nitrogens with one attached hydrogen (secondary N) is 1. The van der Waals surface area contributed by atoms with Gasteiger partial charge in [-0.1, -0.05) is 32.0 Å². The van der Waals surface area contributed by atoms with Crippen LogP contribution in [-0.2, 0) is 22.4 Å². The highest BCUT2D eigenvalue weighted by Gasteiger charge is 2.24. The molecule has 2 rings (SSSR count). The fourth-order valence-corrected chi connectivity index (χ4v) is 3.11. The van der Waals surface area contributed by atoms with Crippen LogP contribution in [0.1, 0.15) is 31.9 Å². The van der Waals surface area contributed by atoms with Crippen molar-refractivity contribution in [3.8, 4) is 6.07 Å². The Morgan fingerprint density at radius 1 is 1.12 bits per heavy atom. The molecule has 1 saturated heterocycles. The van der Waals surface area contributed by atoms with E-state index in [-0.39, 0.29) is 17.4 Å². The lowest BCUT2D eigenvalue weighted by atomic mass is 10.0. The maximum atomic E-state index is 12.6. The molecule has 6 heteroatoms. The van der Waals surface area contributed by atoms with Crippen LogP contribution < -0.4 is 5.32 Å². The number of aryl methyl sites for hydroxylation is 2. The van der Waals surface area contributed by atoms with Crippen LogP contribution >= 0.6 is 0 Å². The molecule has 0 spiro atoms. The number of anilines is 1. The monoisotopic (exact) mass is 354 g/mol. The minimum Gasteiger partial charge on any atom is -0.360 e. The van der Waals surface area contributed by atoms with E-state index in [0.717, 1.165) is 29.7 Å². The number of piperazine rings is 1. The largest absolute Gasteiger partial charge is 0.360 e. The molecule has 0 atom stereocenters. The van der Waals surface area contributed by atoms with Crippen LogP contribution in [0.3, 0.4) is 0 Å². The SMILES string of the molecule is CCc1cccc(CC)c1N/C=C(/C#N)C(=O)N1CCN(C(C)=O)CC1. The van der Waals surface area contributed by atoms with E-state index in [4.69, 9.17) is 0 Å². The smallest absolute Gasteiger partial charge is 0.266 e. The van der Waals surface area contributed by atoms with Crippen molar-refractivity contribution >= 4 is 17.5 Å². The van der Waals surface area contributed by atoms with Crippen molar-refractivity contribution in [2.24, 2.45) is 0 Å². The van der Waals surface area contributed by atoms with Crippen molar-refractivity contribution in [3.63, 3.8) is 0 Å². The number of carbonyl (C=O) groups is 2. The first-order chi connectivity index (χ1) is 12.5. The maximum absolute atomic E-state index is 12.6. The number of rotatable bonds is 5. The van der Waals surface area contributed by atoms with Gasteiger partial charge < -0.3 is 15.1 Å². The van der Waals surface area contributed by atoms with Crippen LogP contribution in [0.5, 0.6) is 0 Å². The molecule has 0 saturated carbocycles. The highest BCUT2D eigenvalue weighted by atomic mass is 16.2. The van der Waals surface area contributed by atoms with Gasteiger partial charge in [0.15, 0.2) is 0 Å². The fraction of sp³-hybridized carbons (Fsp3) is 0.450. The third-order valence-corrected chi connectivity index (χ3v) is 4.72. The molecule has 0 aliphatic carbocycles. The van der Waals surface area contributed by atoms with E-state index in [2.05, 4.69) is 19.2 Å². The van der Waals surface area contributed by atoms with Crippen LogP contribution in [0.2, 0.25) is 0 Å². The number of hydrogen-bond donors (Lipinski definition) is 1. The molecule has 2 amide bonds. The van der Waals surface area contributed by atoms with E-state index in [1.54, 1.807) is 9.80 Å². The van der Waals surface area contributed by atoms with E-state index < -0.39 is 0 Å². The second kappa shape index (κ2) is 9.04. The highest BCUT2D eigenvalue weighted by Crippen LogP contribution is 2.23. The first kappa shape index (κ1) is 19.5. The number of para-hydroxylation sites is 1. The summed E-state index contributed by atoms with van der Waals surface area (Å²) in [5.41, 5.74) is 3.36. The lowest BCUT2D eigenvalue weighted by molar-refractivity contribution is -0.136. The number of amides is 2. The van der Waals surface area contributed by atoms with Crippen LogP contribution in [-0.4, -0.2) is 47.8 Å². The van der Waals surface area contributed by atoms with Crippen molar-refractivity contribution in [3.05, 3.63) is 41.1 Å². The molecule has 1 fully saturated rings. The van der Waals surface area contributed by atoms with Gasteiger partial charge in [0, 0.05) is 45.0 Å². The summed E-state index contributed by atoms with van der Waals surface area (Å²) < 4.78 is 0. The molecule has 1 aromatic rings. The lowest BCUT2D eigenvalue weighted by Crippen LogP contribution is -2.50. The summed E-state index contributed by atoms with van der Waals surface area (Å²) in [7, 11) is 0. The maximum Gasteiger partial charge on any atom is 0.266 e. The van der Waals surface area contributed by atoms with Crippen molar-refractivity contribution < 1.29 is 9.59 Å². The third-order valence-electron chi connectivity index (χ3n) is 4.72.